The Hall–Kier alpha value is -2.38. The van der Waals surface area contributed by atoms with Gasteiger partial charge in [0.2, 0.25) is 17.7 Å². The maximum absolute atomic E-state index is 12.2. The lowest BCUT2D eigenvalue weighted by molar-refractivity contribution is -0.143. The van der Waals surface area contributed by atoms with Crippen molar-refractivity contribution in [3.63, 3.8) is 0 Å². The van der Waals surface area contributed by atoms with E-state index in [0.717, 1.165) is 6.92 Å². The molecule has 13 heteroatoms. The molecule has 0 spiro atoms. The van der Waals surface area contributed by atoms with Crippen LogP contribution in [0.3, 0.4) is 0 Å². The molecule has 0 heterocycles. The normalized spacial score (nSPS) is 15.1. The van der Waals surface area contributed by atoms with Crippen molar-refractivity contribution in [1.29, 1.82) is 0 Å². The third kappa shape index (κ3) is 8.13. The van der Waals surface area contributed by atoms with Crippen LogP contribution in [-0.2, 0) is 24.0 Å². The van der Waals surface area contributed by atoms with Gasteiger partial charge in [-0.1, -0.05) is 0 Å². The highest BCUT2D eigenvalue weighted by Gasteiger charge is 2.30. The van der Waals surface area contributed by atoms with Crippen LogP contribution < -0.4 is 21.7 Å². The highest BCUT2D eigenvalue weighted by atomic mass is 32.1. The van der Waals surface area contributed by atoms with Gasteiger partial charge in [0.25, 0.3) is 0 Å². The summed E-state index contributed by atoms with van der Waals surface area (Å²) in [6.45, 7) is 0.497. The lowest BCUT2D eigenvalue weighted by Gasteiger charge is -2.22. The number of nitrogens with one attached hydrogen (secondary N) is 3. The SMILES string of the molecule is CC(NC(=O)C(CC(=O)O)NC(=O)C(CS)NC(=O)C(N)CO)C(=O)O. The number of rotatable bonds is 11. The number of amides is 3. The number of carboxylic acids is 2. The Balaban J connectivity index is 5.08. The molecule has 0 aliphatic rings. The minimum atomic E-state index is -1.58. The van der Waals surface area contributed by atoms with Gasteiger partial charge in [0.1, 0.15) is 24.2 Å². The Bertz CT molecular complexity index is 558. The molecule has 0 aromatic heterocycles. The summed E-state index contributed by atoms with van der Waals surface area (Å²) < 4.78 is 0. The van der Waals surface area contributed by atoms with Crippen LogP contribution in [0.4, 0.5) is 0 Å². The molecule has 0 fully saturated rings. The van der Waals surface area contributed by atoms with E-state index in [2.05, 4.69) is 23.3 Å². The summed E-state index contributed by atoms with van der Waals surface area (Å²) in [6.07, 6.45) is -0.812. The van der Waals surface area contributed by atoms with Crippen molar-refractivity contribution < 1.29 is 39.3 Å². The Morgan fingerprint density at radius 3 is 1.88 bits per heavy atom. The molecule has 0 saturated heterocycles. The molecule has 0 aromatic carbocycles. The summed E-state index contributed by atoms with van der Waals surface area (Å²) in [5, 5.41) is 32.8. The Morgan fingerprint density at radius 2 is 1.46 bits per heavy atom. The van der Waals surface area contributed by atoms with Crippen molar-refractivity contribution in [2.24, 2.45) is 5.73 Å². The van der Waals surface area contributed by atoms with Gasteiger partial charge in [-0.05, 0) is 6.92 Å². The molecule has 0 saturated carbocycles. The van der Waals surface area contributed by atoms with Crippen molar-refractivity contribution in [3.8, 4) is 0 Å². The quantitative estimate of drug-likeness (QED) is 0.162. The van der Waals surface area contributed by atoms with E-state index >= 15 is 0 Å². The summed E-state index contributed by atoms with van der Waals surface area (Å²) >= 11 is 3.88. The summed E-state index contributed by atoms with van der Waals surface area (Å²) in [7, 11) is 0. The molecule has 4 unspecified atom stereocenters. The smallest absolute Gasteiger partial charge is 0.325 e. The number of hydrogen-bond donors (Lipinski definition) is 8. The second kappa shape index (κ2) is 11.3. The first-order valence-corrected chi connectivity index (χ1v) is 7.99. The highest BCUT2D eigenvalue weighted by Crippen LogP contribution is 1.98. The van der Waals surface area contributed by atoms with Gasteiger partial charge < -0.3 is 37.0 Å². The Labute approximate surface area is 153 Å². The van der Waals surface area contributed by atoms with Crippen LogP contribution >= 0.6 is 12.6 Å². The summed E-state index contributed by atoms with van der Waals surface area (Å²) in [4.78, 5) is 57.4. The number of hydrogen-bond acceptors (Lipinski definition) is 8. The molecular formula is C13H22N4O8S. The van der Waals surface area contributed by atoms with Crippen molar-refractivity contribution in [2.45, 2.75) is 37.5 Å². The maximum Gasteiger partial charge on any atom is 0.325 e. The van der Waals surface area contributed by atoms with Gasteiger partial charge in [-0.25, -0.2) is 0 Å². The molecule has 12 nitrogen and oxygen atoms in total. The van der Waals surface area contributed by atoms with Gasteiger partial charge in [-0.3, -0.25) is 24.0 Å². The Kier molecular flexibility index (Phi) is 10.2. The van der Waals surface area contributed by atoms with E-state index < -0.39 is 66.9 Å². The third-order valence-electron chi connectivity index (χ3n) is 3.09. The van der Waals surface area contributed by atoms with Crippen LogP contribution in [0, 0.1) is 0 Å². The molecule has 0 aliphatic carbocycles. The first kappa shape index (κ1) is 23.6. The highest BCUT2D eigenvalue weighted by molar-refractivity contribution is 7.80. The van der Waals surface area contributed by atoms with E-state index in [1.165, 1.54) is 0 Å². The fourth-order valence-electron chi connectivity index (χ4n) is 1.59. The zero-order valence-corrected chi connectivity index (χ0v) is 14.7. The monoisotopic (exact) mass is 394 g/mol. The summed E-state index contributed by atoms with van der Waals surface area (Å²) in [5.41, 5.74) is 5.30. The van der Waals surface area contributed by atoms with Crippen LogP contribution in [0.1, 0.15) is 13.3 Å². The van der Waals surface area contributed by atoms with Crippen molar-refractivity contribution in [2.75, 3.05) is 12.4 Å². The predicted octanol–water partition coefficient (Wildman–Crippen LogP) is -3.73. The second-order valence-corrected chi connectivity index (χ2v) is 5.63. The number of aliphatic hydroxyl groups is 1. The van der Waals surface area contributed by atoms with Gasteiger partial charge in [0.05, 0.1) is 13.0 Å². The largest absolute Gasteiger partial charge is 0.481 e. The number of nitrogens with two attached hydrogens (primary N) is 1. The molecule has 0 bridgehead atoms. The minimum absolute atomic E-state index is 0.206. The van der Waals surface area contributed by atoms with Gasteiger partial charge in [-0.15, -0.1) is 0 Å². The third-order valence-corrected chi connectivity index (χ3v) is 3.46. The van der Waals surface area contributed by atoms with Crippen LogP contribution in [0.2, 0.25) is 0 Å². The molecule has 8 N–H and O–H groups in total. The first-order chi connectivity index (χ1) is 12.0. The van der Waals surface area contributed by atoms with E-state index in [-0.39, 0.29) is 5.75 Å². The molecule has 0 rings (SSSR count). The average Bonchev–Trinajstić information content (AvgIpc) is 2.56. The van der Waals surface area contributed by atoms with Crippen molar-refractivity contribution in [1.82, 2.24) is 16.0 Å². The number of carbonyl (C=O) groups is 5. The fourth-order valence-corrected chi connectivity index (χ4v) is 1.84. The van der Waals surface area contributed by atoms with Gasteiger partial charge >= 0.3 is 11.9 Å². The zero-order chi connectivity index (χ0) is 20.4. The van der Waals surface area contributed by atoms with Crippen molar-refractivity contribution in [3.05, 3.63) is 0 Å². The van der Waals surface area contributed by atoms with Crippen LogP contribution in [0.5, 0.6) is 0 Å². The number of aliphatic carboxylic acids is 2. The molecule has 0 aliphatic heterocycles. The fraction of sp³-hybridized carbons (Fsp3) is 0.615. The van der Waals surface area contributed by atoms with Gasteiger partial charge in [0.15, 0.2) is 0 Å². The molecular weight excluding hydrogens is 372 g/mol. The Morgan fingerprint density at radius 1 is 0.962 bits per heavy atom. The van der Waals surface area contributed by atoms with Crippen LogP contribution in [0.25, 0.3) is 0 Å². The number of carbonyl (C=O) groups excluding carboxylic acids is 3. The van der Waals surface area contributed by atoms with E-state index in [4.69, 9.17) is 21.1 Å². The van der Waals surface area contributed by atoms with Gasteiger partial charge in [0, 0.05) is 5.75 Å². The number of thiol groups is 1. The standard InChI is InChI=1S/C13H22N4O8S/c1-5(13(24)25)15-11(22)7(2-9(19)20)16-12(23)8(4-26)17-10(21)6(14)3-18/h5-8,18,26H,2-4,14H2,1H3,(H,15,22)(H,16,23)(H,17,21)(H,19,20)(H,24,25). The molecule has 0 aromatic rings. The lowest BCUT2D eigenvalue weighted by atomic mass is 10.1. The first-order valence-electron chi connectivity index (χ1n) is 7.36. The number of carboxylic acid groups (broad SMARTS) is 2. The van der Waals surface area contributed by atoms with E-state index in [0.29, 0.717) is 0 Å². The molecule has 0 radical (unpaired) electrons. The molecule has 3 amide bonds. The van der Waals surface area contributed by atoms with E-state index in [1.54, 1.807) is 0 Å². The molecule has 148 valence electrons. The summed E-state index contributed by atoms with van der Waals surface area (Å²) in [5.74, 6) is -5.77. The van der Waals surface area contributed by atoms with E-state index in [1.807, 2.05) is 5.32 Å². The predicted molar refractivity (Wildman–Crippen MR) is 90.3 cm³/mol. The topological polar surface area (TPSA) is 208 Å². The van der Waals surface area contributed by atoms with Crippen LogP contribution in [-0.4, -0.2) is 81.5 Å². The lowest BCUT2D eigenvalue weighted by Crippen LogP contribution is -2.58. The van der Waals surface area contributed by atoms with Gasteiger partial charge in [-0.2, -0.15) is 12.6 Å². The number of aliphatic hydroxyl groups excluding tert-OH is 1. The summed E-state index contributed by atoms with van der Waals surface area (Å²) in [6, 6.07) is -5.42. The molecule has 4 atom stereocenters. The zero-order valence-electron chi connectivity index (χ0n) is 13.8. The van der Waals surface area contributed by atoms with Crippen LogP contribution in [0.15, 0.2) is 0 Å². The minimum Gasteiger partial charge on any atom is -0.481 e. The molecule has 26 heavy (non-hydrogen) atoms. The maximum atomic E-state index is 12.2. The van der Waals surface area contributed by atoms with Crippen molar-refractivity contribution >= 4 is 42.3 Å². The second-order valence-electron chi connectivity index (χ2n) is 5.26. The average molecular weight is 394 g/mol. The van der Waals surface area contributed by atoms with E-state index in [9.17, 15) is 24.0 Å².